The van der Waals surface area contributed by atoms with Crippen LogP contribution in [0.1, 0.15) is 44.9 Å². The third-order valence-electron chi connectivity index (χ3n) is 5.48. The Labute approximate surface area is 171 Å². The zero-order valence-electron chi connectivity index (χ0n) is 15.4. The van der Waals surface area contributed by atoms with Crippen molar-refractivity contribution in [3.05, 3.63) is 28.2 Å². The van der Waals surface area contributed by atoms with E-state index in [1.165, 1.54) is 35.7 Å². The maximum atomic E-state index is 12.9. The monoisotopic (exact) mass is 432 g/mol. The number of carbonyl (C=O) groups excluding carboxylic acids is 1. The van der Waals surface area contributed by atoms with Gasteiger partial charge in [-0.3, -0.25) is 4.79 Å². The van der Waals surface area contributed by atoms with Gasteiger partial charge in [-0.1, -0.05) is 42.5 Å². The van der Waals surface area contributed by atoms with Gasteiger partial charge < -0.3 is 4.90 Å². The van der Waals surface area contributed by atoms with Gasteiger partial charge in [0.1, 0.15) is 4.90 Å². The minimum absolute atomic E-state index is 0.0326. The maximum absolute atomic E-state index is 12.9. The number of nitrogens with zero attached hydrogens (tertiary/aromatic N) is 2. The van der Waals surface area contributed by atoms with Crippen molar-refractivity contribution in [2.24, 2.45) is 5.92 Å². The molecule has 0 bridgehead atoms. The van der Waals surface area contributed by atoms with E-state index in [4.69, 9.17) is 23.2 Å². The predicted molar refractivity (Wildman–Crippen MR) is 108 cm³/mol. The number of amides is 1. The van der Waals surface area contributed by atoms with Crippen LogP contribution < -0.4 is 0 Å². The molecule has 1 aromatic rings. The van der Waals surface area contributed by atoms with Gasteiger partial charge in [-0.25, -0.2) is 8.42 Å². The summed E-state index contributed by atoms with van der Waals surface area (Å²) < 4.78 is 27.2. The highest BCUT2D eigenvalue weighted by Crippen LogP contribution is 2.31. The summed E-state index contributed by atoms with van der Waals surface area (Å²) in [5.74, 6) is 0.0976. The topological polar surface area (TPSA) is 57.7 Å². The van der Waals surface area contributed by atoms with E-state index < -0.39 is 10.0 Å². The van der Waals surface area contributed by atoms with E-state index >= 15 is 0 Å². The largest absolute Gasteiger partial charge is 0.342 e. The normalized spacial score (nSPS) is 20.9. The Morgan fingerprint density at radius 1 is 0.926 bits per heavy atom. The molecule has 0 saturated carbocycles. The fourth-order valence-corrected chi connectivity index (χ4v) is 6.09. The Morgan fingerprint density at radius 3 is 2.15 bits per heavy atom. The van der Waals surface area contributed by atoms with E-state index in [1.54, 1.807) is 6.07 Å². The van der Waals surface area contributed by atoms with Gasteiger partial charge in [0.15, 0.2) is 0 Å². The van der Waals surface area contributed by atoms with Gasteiger partial charge in [-0.05, 0) is 43.9 Å². The summed E-state index contributed by atoms with van der Waals surface area (Å²) in [6.45, 7) is 2.32. The first kappa shape index (κ1) is 20.9. The van der Waals surface area contributed by atoms with Gasteiger partial charge in [0.2, 0.25) is 15.9 Å². The third kappa shape index (κ3) is 4.97. The Kier molecular flexibility index (Phi) is 7.06. The van der Waals surface area contributed by atoms with Crippen LogP contribution in [0, 0.1) is 5.92 Å². The van der Waals surface area contributed by atoms with Crippen LogP contribution in [0.2, 0.25) is 10.0 Å². The van der Waals surface area contributed by atoms with Crippen molar-refractivity contribution < 1.29 is 13.2 Å². The van der Waals surface area contributed by atoms with E-state index in [-0.39, 0.29) is 21.7 Å². The number of carbonyl (C=O) groups is 1. The van der Waals surface area contributed by atoms with Crippen LogP contribution in [0.25, 0.3) is 0 Å². The van der Waals surface area contributed by atoms with Gasteiger partial charge in [0, 0.05) is 37.1 Å². The molecule has 0 atom stereocenters. The van der Waals surface area contributed by atoms with Gasteiger partial charge in [-0.2, -0.15) is 4.31 Å². The molecule has 0 unspecified atom stereocenters. The second-order valence-electron chi connectivity index (χ2n) is 7.35. The minimum atomic E-state index is -3.71. The van der Waals surface area contributed by atoms with Gasteiger partial charge >= 0.3 is 0 Å². The zero-order valence-corrected chi connectivity index (χ0v) is 17.7. The van der Waals surface area contributed by atoms with Crippen LogP contribution >= 0.6 is 23.2 Å². The molecule has 0 radical (unpaired) electrons. The quantitative estimate of drug-likeness (QED) is 0.719. The van der Waals surface area contributed by atoms with Gasteiger partial charge in [0.05, 0.1) is 5.02 Å². The first-order chi connectivity index (χ1) is 12.9. The van der Waals surface area contributed by atoms with E-state index in [1.807, 2.05) is 4.90 Å². The molecule has 2 aliphatic heterocycles. The van der Waals surface area contributed by atoms with Crippen molar-refractivity contribution in [3.63, 3.8) is 0 Å². The molecule has 0 aliphatic carbocycles. The maximum Gasteiger partial charge on any atom is 0.244 e. The lowest BCUT2D eigenvalue weighted by molar-refractivity contribution is -0.137. The van der Waals surface area contributed by atoms with Crippen molar-refractivity contribution in [1.29, 1.82) is 0 Å². The van der Waals surface area contributed by atoms with Crippen molar-refractivity contribution in [3.8, 4) is 0 Å². The first-order valence-corrected chi connectivity index (χ1v) is 11.8. The lowest BCUT2D eigenvalue weighted by Gasteiger charge is -2.34. The number of hydrogen-bond acceptors (Lipinski definition) is 3. The second-order valence-corrected chi connectivity index (χ2v) is 10.1. The van der Waals surface area contributed by atoms with Crippen LogP contribution in [0.5, 0.6) is 0 Å². The fourth-order valence-electron chi connectivity index (χ4n) is 3.88. The number of hydrogen-bond donors (Lipinski definition) is 0. The van der Waals surface area contributed by atoms with Crippen molar-refractivity contribution in [2.45, 2.75) is 49.8 Å². The molecule has 0 N–H and O–H groups in total. The molecule has 1 aromatic carbocycles. The van der Waals surface area contributed by atoms with E-state index in [0.717, 1.165) is 25.9 Å². The highest BCUT2D eigenvalue weighted by atomic mass is 35.5. The Morgan fingerprint density at radius 2 is 1.52 bits per heavy atom. The highest BCUT2D eigenvalue weighted by molar-refractivity contribution is 7.89. The Bertz CT molecular complexity index is 769. The number of sulfonamides is 1. The number of piperidine rings is 1. The molecular formula is C19H26Cl2N2O3S. The molecular weight excluding hydrogens is 407 g/mol. The number of rotatable bonds is 3. The molecule has 2 saturated heterocycles. The average Bonchev–Trinajstić information content (AvgIpc) is 2.63. The highest BCUT2D eigenvalue weighted by Gasteiger charge is 2.34. The van der Waals surface area contributed by atoms with E-state index in [0.29, 0.717) is 31.0 Å². The summed E-state index contributed by atoms with van der Waals surface area (Å²) in [7, 11) is -3.71. The summed E-state index contributed by atoms with van der Waals surface area (Å²) in [5.41, 5.74) is 0. The summed E-state index contributed by atoms with van der Waals surface area (Å²) >= 11 is 12.0. The molecule has 0 spiro atoms. The molecule has 1 amide bonds. The molecule has 8 heteroatoms. The lowest BCUT2D eigenvalue weighted by Crippen LogP contribution is -2.45. The third-order valence-corrected chi connectivity index (χ3v) is 8.10. The van der Waals surface area contributed by atoms with E-state index in [2.05, 4.69) is 0 Å². The van der Waals surface area contributed by atoms with Gasteiger partial charge in [0.25, 0.3) is 0 Å². The van der Waals surface area contributed by atoms with Crippen molar-refractivity contribution in [2.75, 3.05) is 26.2 Å². The smallest absolute Gasteiger partial charge is 0.244 e. The van der Waals surface area contributed by atoms with Crippen molar-refractivity contribution in [1.82, 2.24) is 9.21 Å². The lowest BCUT2D eigenvalue weighted by atomic mass is 9.95. The summed E-state index contributed by atoms with van der Waals surface area (Å²) in [6.07, 6.45) is 6.84. The van der Waals surface area contributed by atoms with Crippen LogP contribution in [0.4, 0.5) is 0 Å². The molecule has 5 nitrogen and oxygen atoms in total. The second kappa shape index (κ2) is 9.12. The fraction of sp³-hybridized carbons (Fsp3) is 0.632. The van der Waals surface area contributed by atoms with Crippen LogP contribution in [-0.4, -0.2) is 49.7 Å². The molecule has 2 fully saturated rings. The standard InChI is InChI=1S/C19H26Cl2N2O3S/c20-16-6-7-17(21)18(14-16)27(25,26)23-12-8-15(9-13-23)19(24)22-10-4-2-1-3-5-11-22/h6-7,14-15H,1-5,8-13H2. The number of halogens is 2. The summed E-state index contributed by atoms with van der Waals surface area (Å²) in [5, 5.41) is 0.498. The number of benzene rings is 1. The molecule has 150 valence electrons. The molecule has 27 heavy (non-hydrogen) atoms. The van der Waals surface area contributed by atoms with E-state index in [9.17, 15) is 13.2 Å². The first-order valence-electron chi connectivity index (χ1n) is 9.63. The summed E-state index contributed by atoms with van der Waals surface area (Å²) in [4.78, 5) is 14.9. The van der Waals surface area contributed by atoms with Gasteiger partial charge in [-0.15, -0.1) is 0 Å². The van der Waals surface area contributed by atoms with Crippen LogP contribution in [0.3, 0.4) is 0 Å². The minimum Gasteiger partial charge on any atom is -0.342 e. The number of likely N-dealkylation sites (tertiary alicyclic amines) is 1. The predicted octanol–water partition coefficient (Wildman–Crippen LogP) is 4.19. The van der Waals surface area contributed by atoms with Crippen molar-refractivity contribution >= 4 is 39.1 Å². The molecule has 2 aliphatic rings. The zero-order chi connectivity index (χ0) is 19.4. The SMILES string of the molecule is O=C(C1CCN(S(=O)(=O)c2cc(Cl)ccc2Cl)CC1)N1CCCCCCC1. The average molecular weight is 433 g/mol. The summed E-state index contributed by atoms with van der Waals surface area (Å²) in [6, 6.07) is 4.45. The Hall–Kier alpha value is -0.820. The Balaban J connectivity index is 1.64. The molecule has 2 heterocycles. The molecule has 0 aromatic heterocycles. The molecule has 3 rings (SSSR count). The van der Waals surface area contributed by atoms with Crippen LogP contribution in [0.15, 0.2) is 23.1 Å². The van der Waals surface area contributed by atoms with Crippen LogP contribution in [-0.2, 0) is 14.8 Å².